The zero-order valence-corrected chi connectivity index (χ0v) is 21.8. The van der Waals surface area contributed by atoms with Crippen molar-refractivity contribution in [2.24, 2.45) is 0 Å². The van der Waals surface area contributed by atoms with Crippen LogP contribution in [0.3, 0.4) is 0 Å². The van der Waals surface area contributed by atoms with Crippen LogP contribution in [0.2, 0.25) is 0 Å². The average molecular weight is 576 g/mol. The van der Waals surface area contributed by atoms with Gasteiger partial charge in [-0.25, -0.2) is 24.1 Å². The molecule has 3 heterocycles. The van der Waals surface area contributed by atoms with Crippen LogP contribution in [0.5, 0.6) is 11.8 Å². The summed E-state index contributed by atoms with van der Waals surface area (Å²) >= 11 is 0. The topological polar surface area (TPSA) is 128 Å². The molecule has 4 N–H and O–H groups in total. The molecule has 0 saturated carbocycles. The van der Waals surface area contributed by atoms with Crippen LogP contribution in [0.4, 0.5) is 39.5 Å². The van der Waals surface area contributed by atoms with Crippen LogP contribution in [0, 0.1) is 12.7 Å². The summed E-state index contributed by atoms with van der Waals surface area (Å²) in [5, 5.41) is 4.96. The van der Waals surface area contributed by atoms with E-state index in [0.29, 0.717) is 28.0 Å². The first-order valence-electron chi connectivity index (χ1n) is 12.3. The molecule has 0 spiro atoms. The van der Waals surface area contributed by atoms with Crippen molar-refractivity contribution >= 4 is 23.2 Å². The Morgan fingerprint density at radius 3 is 2.26 bits per heavy atom. The number of nitrogens with one attached hydrogen (secondary N) is 2. The molecule has 0 atom stereocenters. The number of benzene rings is 2. The lowest BCUT2D eigenvalue weighted by molar-refractivity contribution is -0.137. The minimum absolute atomic E-state index is 0.0345. The monoisotopic (exact) mass is 575 g/mol. The van der Waals surface area contributed by atoms with Gasteiger partial charge < -0.3 is 21.1 Å². The Kier molecular flexibility index (Phi) is 7.65. The molecular weight excluding hydrogens is 554 g/mol. The summed E-state index contributed by atoms with van der Waals surface area (Å²) in [6.45, 7) is 1.80. The molecule has 3 aromatic heterocycles. The number of urea groups is 1. The summed E-state index contributed by atoms with van der Waals surface area (Å²) in [5.74, 6) is 0.0361. The molecule has 9 nitrogen and oxygen atoms in total. The average Bonchev–Trinajstić information content (AvgIpc) is 2.95. The molecule has 2 amide bonds. The second-order valence-corrected chi connectivity index (χ2v) is 9.06. The summed E-state index contributed by atoms with van der Waals surface area (Å²) < 4.78 is 59.3. The van der Waals surface area contributed by atoms with E-state index in [0.717, 1.165) is 23.9 Å². The number of aryl methyl sites for hydroxylation is 1. The first-order valence-corrected chi connectivity index (χ1v) is 12.3. The third-order valence-corrected chi connectivity index (χ3v) is 5.93. The molecular formula is C29H21F4N7O2. The maximum absolute atomic E-state index is 13.5. The molecule has 0 radical (unpaired) electrons. The highest BCUT2D eigenvalue weighted by Crippen LogP contribution is 2.36. The molecule has 0 saturated heterocycles. The molecule has 0 bridgehead atoms. The van der Waals surface area contributed by atoms with Gasteiger partial charge in [0, 0.05) is 29.1 Å². The smallest absolute Gasteiger partial charge is 0.416 e. The summed E-state index contributed by atoms with van der Waals surface area (Å²) in [5.41, 5.74) is 7.76. The van der Waals surface area contributed by atoms with Gasteiger partial charge in [-0.05, 0) is 54.4 Å². The van der Waals surface area contributed by atoms with Gasteiger partial charge in [0.2, 0.25) is 0 Å². The molecule has 0 unspecified atom stereocenters. The predicted molar refractivity (Wildman–Crippen MR) is 148 cm³/mol. The molecule has 0 aliphatic rings. The van der Waals surface area contributed by atoms with Gasteiger partial charge in [-0.2, -0.15) is 13.2 Å². The molecule has 5 aromatic rings. The van der Waals surface area contributed by atoms with Gasteiger partial charge in [-0.1, -0.05) is 18.2 Å². The Morgan fingerprint density at radius 1 is 0.833 bits per heavy atom. The number of carbonyl (C=O) groups excluding carboxylic acids is 1. The second-order valence-electron chi connectivity index (χ2n) is 9.06. The fourth-order valence-corrected chi connectivity index (χ4v) is 3.99. The Morgan fingerprint density at radius 2 is 1.57 bits per heavy atom. The van der Waals surface area contributed by atoms with E-state index in [9.17, 15) is 22.4 Å². The van der Waals surface area contributed by atoms with Crippen molar-refractivity contribution in [2.45, 2.75) is 13.1 Å². The fourth-order valence-electron chi connectivity index (χ4n) is 3.99. The fraction of sp³-hybridized carbons (Fsp3) is 0.0690. The minimum atomic E-state index is -4.61. The Hall–Kier alpha value is -5.59. The van der Waals surface area contributed by atoms with Gasteiger partial charge >= 0.3 is 18.2 Å². The largest absolute Gasteiger partial charge is 0.424 e. The van der Waals surface area contributed by atoms with E-state index in [1.165, 1.54) is 30.7 Å². The van der Waals surface area contributed by atoms with E-state index < -0.39 is 23.6 Å². The number of alkyl halides is 3. The number of pyridine rings is 2. The lowest BCUT2D eigenvalue weighted by atomic mass is 10.0. The van der Waals surface area contributed by atoms with Crippen LogP contribution in [-0.2, 0) is 6.18 Å². The van der Waals surface area contributed by atoms with E-state index in [4.69, 9.17) is 10.5 Å². The maximum atomic E-state index is 13.5. The number of halogens is 4. The molecule has 42 heavy (non-hydrogen) atoms. The third kappa shape index (κ3) is 6.58. The van der Waals surface area contributed by atoms with Crippen molar-refractivity contribution in [3.63, 3.8) is 0 Å². The highest BCUT2D eigenvalue weighted by atomic mass is 19.4. The lowest BCUT2D eigenvalue weighted by Crippen LogP contribution is -2.20. The van der Waals surface area contributed by atoms with E-state index in [2.05, 4.69) is 30.6 Å². The van der Waals surface area contributed by atoms with Crippen LogP contribution in [0.1, 0.15) is 11.1 Å². The van der Waals surface area contributed by atoms with Crippen LogP contribution in [0.15, 0.2) is 85.6 Å². The second kappa shape index (κ2) is 11.5. The number of ether oxygens (including phenoxy) is 1. The van der Waals surface area contributed by atoms with E-state index >= 15 is 0 Å². The number of hydrogen-bond acceptors (Lipinski definition) is 7. The Labute approximate surface area is 236 Å². The van der Waals surface area contributed by atoms with Crippen LogP contribution in [-0.4, -0.2) is 26.0 Å². The first-order chi connectivity index (χ1) is 20.0. The number of hydrogen-bond donors (Lipinski definition) is 3. The van der Waals surface area contributed by atoms with Gasteiger partial charge in [0.05, 0.1) is 35.5 Å². The van der Waals surface area contributed by atoms with E-state index in [1.54, 1.807) is 43.5 Å². The van der Waals surface area contributed by atoms with Crippen LogP contribution >= 0.6 is 0 Å². The van der Waals surface area contributed by atoms with E-state index in [1.807, 2.05) is 0 Å². The van der Waals surface area contributed by atoms with Crippen LogP contribution < -0.4 is 21.1 Å². The molecule has 0 aliphatic heterocycles. The van der Waals surface area contributed by atoms with Gasteiger partial charge in [0.15, 0.2) is 0 Å². The number of nitrogens with zero attached hydrogens (tertiary/aromatic N) is 4. The number of carbonyl (C=O) groups is 1. The number of rotatable bonds is 6. The first kappa shape index (κ1) is 28.0. The number of nitrogen functional groups attached to an aromatic ring is 1. The third-order valence-electron chi connectivity index (χ3n) is 5.93. The Bertz CT molecular complexity index is 1750. The number of amides is 2. The van der Waals surface area contributed by atoms with Gasteiger partial charge in [0.25, 0.3) is 0 Å². The molecule has 0 fully saturated rings. The zero-order chi connectivity index (χ0) is 29.9. The quantitative estimate of drug-likeness (QED) is 0.185. The highest BCUT2D eigenvalue weighted by Gasteiger charge is 2.31. The predicted octanol–water partition coefficient (Wildman–Crippen LogP) is 7.09. The van der Waals surface area contributed by atoms with Crippen molar-refractivity contribution in [3.8, 4) is 34.0 Å². The lowest BCUT2D eigenvalue weighted by Gasteiger charge is -2.15. The molecule has 13 heteroatoms. The minimum Gasteiger partial charge on any atom is -0.424 e. The molecule has 0 aliphatic carbocycles. The van der Waals surface area contributed by atoms with Gasteiger partial charge in [0.1, 0.15) is 17.4 Å². The van der Waals surface area contributed by atoms with Gasteiger partial charge in [-0.15, -0.1) is 0 Å². The normalized spacial score (nSPS) is 11.2. The maximum Gasteiger partial charge on any atom is 0.416 e. The Balaban J connectivity index is 1.27. The molecule has 5 rings (SSSR count). The van der Waals surface area contributed by atoms with Crippen molar-refractivity contribution in [3.05, 3.63) is 103 Å². The van der Waals surface area contributed by atoms with Crippen LogP contribution in [0.25, 0.3) is 22.3 Å². The van der Waals surface area contributed by atoms with Crippen molar-refractivity contribution < 1.29 is 27.1 Å². The summed E-state index contributed by atoms with van der Waals surface area (Å²) in [7, 11) is 0. The summed E-state index contributed by atoms with van der Waals surface area (Å²) in [6, 6.07) is 11.8. The molecule has 212 valence electrons. The zero-order valence-electron chi connectivity index (χ0n) is 21.8. The van der Waals surface area contributed by atoms with E-state index in [-0.39, 0.29) is 23.2 Å². The number of anilines is 3. The summed E-state index contributed by atoms with van der Waals surface area (Å²) in [4.78, 5) is 28.7. The highest BCUT2D eigenvalue weighted by molar-refractivity contribution is 6.02. The molecule has 2 aromatic carbocycles. The SMILES string of the molecule is Cc1cncc(-c2ccc(C(F)(F)F)cc2NC(=O)Nc2cnc(Oc3ccc(-c4cc(F)cnc4N)cc3)nc2)c1. The standard InChI is InChI=1S/C29H21F4N7O2/c1-16-8-18(12-35-11-16)23-7-4-19(29(31,32)33)9-25(23)40-27(41)39-21-14-37-28(38-15-21)42-22-5-2-17(3-6-22)24-10-20(30)13-36-26(24)34/h2-15H,1H3,(H2,34,36)(H2,39,40,41). The van der Waals surface area contributed by atoms with Crippen molar-refractivity contribution in [2.75, 3.05) is 16.4 Å². The van der Waals surface area contributed by atoms with Gasteiger partial charge in [-0.3, -0.25) is 4.98 Å². The van der Waals surface area contributed by atoms with Crippen molar-refractivity contribution in [1.82, 2.24) is 19.9 Å². The number of nitrogens with two attached hydrogens (primary N) is 1. The number of aromatic nitrogens is 4. The summed E-state index contributed by atoms with van der Waals surface area (Å²) in [6.07, 6.45) is 2.06. The van der Waals surface area contributed by atoms with Crippen molar-refractivity contribution in [1.29, 1.82) is 0 Å².